The monoisotopic (exact) mass is 383 g/mol. The lowest BCUT2D eigenvalue weighted by Crippen LogP contribution is -1.96. The summed E-state index contributed by atoms with van der Waals surface area (Å²) in [5, 5.41) is 9.03. The van der Waals surface area contributed by atoms with Crippen molar-refractivity contribution in [1.82, 2.24) is 0 Å². The molecule has 0 saturated heterocycles. The minimum atomic E-state index is -0.939. The zero-order chi connectivity index (χ0) is 17.1. The van der Waals surface area contributed by atoms with Crippen molar-refractivity contribution in [3.63, 3.8) is 0 Å². The lowest BCUT2D eigenvalue weighted by molar-refractivity contribution is 0.0697. The number of nitrogens with zero attached hydrogens (tertiary/aromatic N) is 1. The van der Waals surface area contributed by atoms with Gasteiger partial charge in [0.2, 0.25) is 0 Å². The van der Waals surface area contributed by atoms with Crippen LogP contribution in [0.3, 0.4) is 0 Å². The van der Waals surface area contributed by atoms with Gasteiger partial charge >= 0.3 is 5.97 Å². The third-order valence-electron chi connectivity index (χ3n) is 3.51. The van der Waals surface area contributed by atoms with Crippen molar-refractivity contribution in [2.75, 3.05) is 0 Å². The van der Waals surface area contributed by atoms with Crippen molar-refractivity contribution in [3.8, 4) is 11.3 Å². The summed E-state index contributed by atoms with van der Waals surface area (Å²) in [6.45, 7) is 1.86. The Balaban J connectivity index is 1.84. The normalized spacial score (nSPS) is 11.1. The lowest BCUT2D eigenvalue weighted by Gasteiger charge is -2.03. The van der Waals surface area contributed by atoms with E-state index in [0.29, 0.717) is 11.5 Å². The maximum atomic E-state index is 11.0. The van der Waals surface area contributed by atoms with Gasteiger partial charge in [0.15, 0.2) is 0 Å². The number of furan rings is 1. The second-order valence-corrected chi connectivity index (χ2v) is 6.19. The Kier molecular flexibility index (Phi) is 4.62. The Morgan fingerprint density at radius 2 is 2.00 bits per heavy atom. The van der Waals surface area contributed by atoms with E-state index in [2.05, 4.69) is 20.9 Å². The number of aromatic carboxylic acids is 1. The highest BCUT2D eigenvalue weighted by molar-refractivity contribution is 9.10. The first-order valence-electron chi connectivity index (χ1n) is 7.27. The number of aryl methyl sites for hydroxylation is 1. The second kappa shape index (κ2) is 6.84. The standard InChI is InChI=1S/C19H14BrNO3/c1-12-9-13(19(22)23)5-7-17(12)18-8-6-16(24-18)11-21-15-4-2-3-14(20)10-15/h2-11H,1H3,(H,22,23). The first kappa shape index (κ1) is 16.2. The fourth-order valence-electron chi connectivity index (χ4n) is 2.33. The number of halogens is 1. The highest BCUT2D eigenvalue weighted by Gasteiger charge is 2.10. The van der Waals surface area contributed by atoms with Gasteiger partial charge in [-0.1, -0.05) is 28.1 Å². The number of benzene rings is 2. The van der Waals surface area contributed by atoms with E-state index in [-0.39, 0.29) is 5.56 Å². The van der Waals surface area contributed by atoms with Gasteiger partial charge < -0.3 is 9.52 Å². The van der Waals surface area contributed by atoms with Crippen molar-refractivity contribution in [1.29, 1.82) is 0 Å². The fourth-order valence-corrected chi connectivity index (χ4v) is 2.72. The summed E-state index contributed by atoms with van der Waals surface area (Å²) in [5.41, 5.74) is 2.80. The Morgan fingerprint density at radius 1 is 1.17 bits per heavy atom. The summed E-state index contributed by atoms with van der Waals surface area (Å²) in [5.74, 6) is 0.373. The predicted molar refractivity (Wildman–Crippen MR) is 97.2 cm³/mol. The Hall–Kier alpha value is -2.66. The largest absolute Gasteiger partial charge is 0.478 e. The smallest absolute Gasteiger partial charge is 0.335 e. The summed E-state index contributed by atoms with van der Waals surface area (Å²) in [6, 6.07) is 16.3. The first-order chi connectivity index (χ1) is 11.5. The number of carboxylic acids is 1. The van der Waals surface area contributed by atoms with Gasteiger partial charge in [0.05, 0.1) is 17.5 Å². The lowest BCUT2D eigenvalue weighted by atomic mass is 10.0. The molecule has 0 bridgehead atoms. The molecule has 120 valence electrons. The molecule has 3 rings (SSSR count). The SMILES string of the molecule is Cc1cc(C(=O)O)ccc1-c1ccc(C=Nc2cccc(Br)c2)o1. The minimum absolute atomic E-state index is 0.263. The topological polar surface area (TPSA) is 62.8 Å². The van der Waals surface area contributed by atoms with Crippen LogP contribution in [0.25, 0.3) is 11.3 Å². The zero-order valence-electron chi connectivity index (χ0n) is 12.9. The molecule has 0 spiro atoms. The number of carboxylic acid groups (broad SMARTS) is 1. The van der Waals surface area contributed by atoms with Crippen LogP contribution in [0.4, 0.5) is 5.69 Å². The number of aliphatic imine (C=N–C) groups is 1. The van der Waals surface area contributed by atoms with Gasteiger partial charge in [-0.15, -0.1) is 0 Å². The Morgan fingerprint density at radius 3 is 2.71 bits per heavy atom. The third kappa shape index (κ3) is 3.63. The van der Waals surface area contributed by atoms with Crippen LogP contribution < -0.4 is 0 Å². The number of rotatable bonds is 4. The molecule has 0 saturated carbocycles. The van der Waals surface area contributed by atoms with Gasteiger partial charge in [-0.25, -0.2) is 4.79 Å². The average Bonchev–Trinajstić information content (AvgIpc) is 3.01. The van der Waals surface area contributed by atoms with Gasteiger partial charge in [-0.2, -0.15) is 0 Å². The van der Waals surface area contributed by atoms with Crippen LogP contribution in [0, 0.1) is 6.92 Å². The molecule has 0 unspecified atom stereocenters. The van der Waals surface area contributed by atoms with Crippen LogP contribution >= 0.6 is 15.9 Å². The molecule has 3 aromatic rings. The van der Waals surface area contributed by atoms with Crippen LogP contribution in [-0.4, -0.2) is 17.3 Å². The molecule has 0 aliphatic carbocycles. The molecule has 0 aliphatic heterocycles. The van der Waals surface area contributed by atoms with Crippen molar-refractivity contribution in [3.05, 3.63) is 76.0 Å². The minimum Gasteiger partial charge on any atom is -0.478 e. The Labute approximate surface area is 147 Å². The van der Waals surface area contributed by atoms with Crippen molar-refractivity contribution in [2.45, 2.75) is 6.92 Å². The van der Waals surface area contributed by atoms with Gasteiger partial charge in [-0.05, 0) is 55.0 Å². The molecule has 0 fully saturated rings. The number of carbonyl (C=O) groups is 1. The Bertz CT molecular complexity index is 928. The molecule has 2 aromatic carbocycles. The van der Waals surface area contributed by atoms with Crippen LogP contribution in [-0.2, 0) is 0 Å². The molecule has 0 amide bonds. The van der Waals surface area contributed by atoms with E-state index in [1.54, 1.807) is 24.4 Å². The van der Waals surface area contributed by atoms with E-state index in [9.17, 15) is 4.79 Å². The van der Waals surface area contributed by atoms with Gasteiger partial charge in [0.1, 0.15) is 11.5 Å². The molecular weight excluding hydrogens is 370 g/mol. The van der Waals surface area contributed by atoms with E-state index in [0.717, 1.165) is 21.3 Å². The molecule has 0 aliphatic rings. The highest BCUT2D eigenvalue weighted by atomic mass is 79.9. The summed E-state index contributed by atoms with van der Waals surface area (Å²) >= 11 is 3.41. The van der Waals surface area contributed by atoms with E-state index in [1.807, 2.05) is 43.3 Å². The maximum Gasteiger partial charge on any atom is 0.335 e. The van der Waals surface area contributed by atoms with E-state index < -0.39 is 5.97 Å². The number of hydrogen-bond donors (Lipinski definition) is 1. The average molecular weight is 384 g/mol. The quantitative estimate of drug-likeness (QED) is 0.607. The molecule has 0 radical (unpaired) electrons. The summed E-state index contributed by atoms with van der Waals surface area (Å²) in [6.07, 6.45) is 1.66. The van der Waals surface area contributed by atoms with Crippen LogP contribution in [0.1, 0.15) is 21.7 Å². The molecule has 4 nitrogen and oxygen atoms in total. The van der Waals surface area contributed by atoms with Crippen LogP contribution in [0.15, 0.2) is 68.5 Å². The van der Waals surface area contributed by atoms with E-state index in [4.69, 9.17) is 9.52 Å². The molecule has 1 N–H and O–H groups in total. The molecular formula is C19H14BrNO3. The zero-order valence-corrected chi connectivity index (χ0v) is 14.4. The highest BCUT2D eigenvalue weighted by Crippen LogP contribution is 2.26. The molecule has 1 aromatic heterocycles. The third-order valence-corrected chi connectivity index (χ3v) is 4.01. The van der Waals surface area contributed by atoms with Gasteiger partial charge in [0.25, 0.3) is 0 Å². The van der Waals surface area contributed by atoms with Crippen LogP contribution in [0.5, 0.6) is 0 Å². The molecule has 24 heavy (non-hydrogen) atoms. The second-order valence-electron chi connectivity index (χ2n) is 5.27. The van der Waals surface area contributed by atoms with Crippen LogP contribution in [0.2, 0.25) is 0 Å². The van der Waals surface area contributed by atoms with Gasteiger partial charge in [0, 0.05) is 10.0 Å². The summed E-state index contributed by atoms with van der Waals surface area (Å²) in [4.78, 5) is 15.4. The molecule has 1 heterocycles. The number of hydrogen-bond acceptors (Lipinski definition) is 3. The molecule has 5 heteroatoms. The summed E-state index contributed by atoms with van der Waals surface area (Å²) < 4.78 is 6.76. The van der Waals surface area contributed by atoms with Gasteiger partial charge in [-0.3, -0.25) is 4.99 Å². The first-order valence-corrected chi connectivity index (χ1v) is 8.06. The maximum absolute atomic E-state index is 11.0. The fraction of sp³-hybridized carbons (Fsp3) is 0.0526. The van der Waals surface area contributed by atoms with Crippen molar-refractivity contribution >= 4 is 33.8 Å². The van der Waals surface area contributed by atoms with E-state index >= 15 is 0 Å². The van der Waals surface area contributed by atoms with Crippen molar-refractivity contribution in [2.24, 2.45) is 4.99 Å². The molecule has 0 atom stereocenters. The van der Waals surface area contributed by atoms with E-state index in [1.165, 1.54) is 0 Å². The van der Waals surface area contributed by atoms with Crippen molar-refractivity contribution < 1.29 is 14.3 Å². The predicted octanol–water partition coefficient (Wildman–Crippen LogP) is 5.47. The summed E-state index contributed by atoms with van der Waals surface area (Å²) in [7, 11) is 0.